The maximum atomic E-state index is 14.6. The second-order valence-corrected chi connectivity index (χ2v) is 9.27. The summed E-state index contributed by atoms with van der Waals surface area (Å²) in [5, 5.41) is 24.2. The van der Waals surface area contributed by atoms with Crippen LogP contribution >= 0.6 is 11.8 Å². The summed E-state index contributed by atoms with van der Waals surface area (Å²) in [5.41, 5.74) is 1.33. The summed E-state index contributed by atoms with van der Waals surface area (Å²) in [6, 6.07) is 4.79. The Labute approximate surface area is 198 Å². The molecule has 0 amide bonds. The molecule has 1 aromatic carbocycles. The highest BCUT2D eigenvalue weighted by Crippen LogP contribution is 2.40. The quantitative estimate of drug-likeness (QED) is 0.216. The summed E-state index contributed by atoms with van der Waals surface area (Å²) in [4.78, 5) is 31.0. The maximum absolute atomic E-state index is 14.6. The average molecular weight is 486 g/mol. The molecule has 2 aromatic heterocycles. The van der Waals surface area contributed by atoms with Crippen LogP contribution in [0.15, 0.2) is 27.9 Å². The van der Waals surface area contributed by atoms with Gasteiger partial charge in [0.05, 0.1) is 35.6 Å². The minimum atomic E-state index is -1.91. The number of fused-ring (bicyclic) bond motifs is 5. The van der Waals surface area contributed by atoms with Crippen molar-refractivity contribution in [1.29, 1.82) is 0 Å². The van der Waals surface area contributed by atoms with Gasteiger partial charge < -0.3 is 24.8 Å². The van der Waals surface area contributed by atoms with Gasteiger partial charge >= 0.3 is 5.97 Å². The number of halogens is 1. The van der Waals surface area contributed by atoms with Crippen LogP contribution in [0.25, 0.3) is 22.3 Å². The summed E-state index contributed by atoms with van der Waals surface area (Å²) >= 11 is 1.30. The fourth-order valence-electron chi connectivity index (χ4n) is 4.81. The summed E-state index contributed by atoms with van der Waals surface area (Å²) in [6.45, 7) is 2.43. The molecular weight excluding hydrogens is 461 g/mol. The molecule has 3 N–H and O–H groups in total. The number of aliphatic hydroxyl groups excluding tert-OH is 1. The van der Waals surface area contributed by atoms with E-state index in [9.17, 15) is 24.2 Å². The number of aromatic nitrogens is 2. The number of pyridine rings is 2. The van der Waals surface area contributed by atoms with Crippen molar-refractivity contribution in [3.05, 3.63) is 56.6 Å². The molecule has 5 rings (SSSR count). The Morgan fingerprint density at radius 1 is 1.29 bits per heavy atom. The molecule has 10 heteroatoms. The minimum Gasteiger partial charge on any atom is -0.458 e. The number of cyclic esters (lactones) is 1. The third-order valence-electron chi connectivity index (χ3n) is 6.67. The summed E-state index contributed by atoms with van der Waals surface area (Å²) < 4.78 is 21.3. The topological polar surface area (TPSA) is 114 Å². The monoisotopic (exact) mass is 485 g/mol. The Morgan fingerprint density at radius 3 is 2.79 bits per heavy atom. The fourth-order valence-corrected chi connectivity index (χ4v) is 5.30. The number of nitrogens with one attached hydrogen (secondary N) is 1. The lowest BCUT2D eigenvalue weighted by molar-refractivity contribution is -0.172. The number of benzene rings is 1. The number of hydrogen-bond acceptors (Lipinski definition) is 8. The lowest BCUT2D eigenvalue weighted by atomic mass is 9.86. The van der Waals surface area contributed by atoms with E-state index < -0.39 is 11.6 Å². The van der Waals surface area contributed by atoms with Gasteiger partial charge in [0, 0.05) is 40.6 Å². The fraction of sp³-hybridized carbons (Fsp3) is 0.375. The van der Waals surface area contributed by atoms with Crippen LogP contribution in [0.4, 0.5) is 4.39 Å². The first-order valence-electron chi connectivity index (χ1n) is 11.0. The van der Waals surface area contributed by atoms with Crippen LogP contribution in [0.2, 0.25) is 0 Å². The molecule has 2 aliphatic rings. The van der Waals surface area contributed by atoms with E-state index in [1.54, 1.807) is 29.9 Å². The van der Waals surface area contributed by atoms with Crippen LogP contribution in [0.3, 0.4) is 0 Å². The number of rotatable bonds is 6. The number of carbonyl (C=O) groups is 1. The molecule has 34 heavy (non-hydrogen) atoms. The summed E-state index contributed by atoms with van der Waals surface area (Å²) in [5.74, 6) is -1.16. The summed E-state index contributed by atoms with van der Waals surface area (Å²) in [7, 11) is 0. The van der Waals surface area contributed by atoms with E-state index in [1.165, 1.54) is 17.8 Å². The number of ether oxygens (including phenoxy) is 1. The predicted octanol–water partition coefficient (Wildman–Crippen LogP) is 2.02. The molecule has 8 nitrogen and oxygen atoms in total. The standard InChI is InChI=1S/C24H24FN3O5S/c1-3-24(32)16-7-19-21-14(10-28(19)22(30)15(16)11-33-23(24)31)13(9-26-4-5-29)12-6-20(34-2)17(25)8-18(12)27-21/h6-8,26,29,32H,3-5,9-11H2,1-2H3/t24-/m0/s1. The Bertz CT molecular complexity index is 1410. The van der Waals surface area contributed by atoms with Crippen molar-refractivity contribution in [3.63, 3.8) is 0 Å². The number of carbonyl (C=O) groups excluding carboxylic acids is 1. The zero-order valence-corrected chi connectivity index (χ0v) is 19.6. The number of nitrogens with zero attached hydrogens (tertiary/aromatic N) is 2. The highest BCUT2D eigenvalue weighted by molar-refractivity contribution is 7.98. The van der Waals surface area contributed by atoms with E-state index in [-0.39, 0.29) is 48.7 Å². The van der Waals surface area contributed by atoms with Crippen LogP contribution < -0.4 is 10.9 Å². The second kappa shape index (κ2) is 8.46. The van der Waals surface area contributed by atoms with Crippen LogP contribution in [0.5, 0.6) is 0 Å². The highest BCUT2D eigenvalue weighted by atomic mass is 32.2. The average Bonchev–Trinajstić information content (AvgIpc) is 3.20. The van der Waals surface area contributed by atoms with Crippen LogP contribution in [0.1, 0.15) is 35.6 Å². The third kappa shape index (κ3) is 3.28. The molecule has 0 saturated heterocycles. The van der Waals surface area contributed by atoms with Gasteiger partial charge in [0.25, 0.3) is 5.56 Å². The van der Waals surface area contributed by atoms with Crippen molar-refractivity contribution < 1.29 is 24.1 Å². The highest BCUT2D eigenvalue weighted by Gasteiger charge is 2.45. The normalized spacial score (nSPS) is 18.6. The molecule has 3 aromatic rings. The molecule has 0 spiro atoms. The van der Waals surface area contributed by atoms with E-state index in [0.717, 1.165) is 16.5 Å². The largest absolute Gasteiger partial charge is 0.458 e. The van der Waals surface area contributed by atoms with Gasteiger partial charge in [0.2, 0.25) is 0 Å². The Hall–Kier alpha value is -2.79. The predicted molar refractivity (Wildman–Crippen MR) is 125 cm³/mol. The van der Waals surface area contributed by atoms with Crippen molar-refractivity contribution >= 4 is 28.6 Å². The van der Waals surface area contributed by atoms with Crippen molar-refractivity contribution in [2.45, 2.75) is 43.5 Å². The molecule has 0 aliphatic carbocycles. The third-order valence-corrected chi connectivity index (χ3v) is 7.42. The molecule has 1 atom stereocenters. The van der Waals surface area contributed by atoms with Crippen molar-refractivity contribution in [2.24, 2.45) is 0 Å². The van der Waals surface area contributed by atoms with Gasteiger partial charge in [-0.3, -0.25) is 4.79 Å². The number of hydrogen-bond donors (Lipinski definition) is 3. The molecular formula is C24H24FN3O5S. The van der Waals surface area contributed by atoms with Crippen LogP contribution in [-0.2, 0) is 34.8 Å². The van der Waals surface area contributed by atoms with Crippen LogP contribution in [-0.4, -0.2) is 45.1 Å². The first kappa shape index (κ1) is 23.0. The van der Waals surface area contributed by atoms with Gasteiger partial charge in [-0.1, -0.05) is 6.92 Å². The van der Waals surface area contributed by atoms with E-state index in [2.05, 4.69) is 5.32 Å². The van der Waals surface area contributed by atoms with Gasteiger partial charge in [-0.25, -0.2) is 14.2 Å². The SMILES string of the molecule is CC[C@@]1(O)C(=O)OCc2c1cc1n(c2=O)Cc2c-1nc1cc(F)c(SC)cc1c2CNCCO. The van der Waals surface area contributed by atoms with Crippen LogP contribution in [0, 0.1) is 5.82 Å². The van der Waals surface area contributed by atoms with Gasteiger partial charge in [-0.05, 0) is 30.4 Å². The summed E-state index contributed by atoms with van der Waals surface area (Å²) in [6.07, 6.45) is 1.85. The molecule has 4 heterocycles. The molecule has 0 radical (unpaired) electrons. The van der Waals surface area contributed by atoms with E-state index in [1.807, 2.05) is 0 Å². The zero-order chi connectivity index (χ0) is 24.2. The first-order valence-corrected chi connectivity index (χ1v) is 12.2. The Morgan fingerprint density at radius 2 is 2.09 bits per heavy atom. The van der Waals surface area contributed by atoms with E-state index >= 15 is 0 Å². The molecule has 0 unspecified atom stereocenters. The number of esters is 1. The maximum Gasteiger partial charge on any atom is 0.343 e. The van der Waals surface area contributed by atoms with Gasteiger partial charge in [0.1, 0.15) is 12.4 Å². The number of thioether (sulfide) groups is 1. The lowest BCUT2D eigenvalue weighted by Gasteiger charge is -2.31. The Kier molecular flexibility index (Phi) is 5.71. The van der Waals surface area contributed by atoms with Gasteiger partial charge in [-0.15, -0.1) is 11.8 Å². The van der Waals surface area contributed by atoms with E-state index in [0.29, 0.717) is 34.9 Å². The van der Waals surface area contributed by atoms with Gasteiger partial charge in [0.15, 0.2) is 5.60 Å². The second-order valence-electron chi connectivity index (χ2n) is 8.42. The molecule has 0 bridgehead atoms. The lowest BCUT2D eigenvalue weighted by Crippen LogP contribution is -2.44. The minimum absolute atomic E-state index is 0.0358. The van der Waals surface area contributed by atoms with Crippen molar-refractivity contribution in [3.8, 4) is 11.4 Å². The van der Waals surface area contributed by atoms with Crippen molar-refractivity contribution in [2.75, 3.05) is 19.4 Å². The number of aliphatic hydroxyl groups is 2. The Balaban J connectivity index is 1.78. The molecule has 0 saturated carbocycles. The van der Waals surface area contributed by atoms with E-state index in [4.69, 9.17) is 9.72 Å². The first-order chi connectivity index (χ1) is 16.3. The van der Waals surface area contributed by atoms with Gasteiger partial charge in [-0.2, -0.15) is 0 Å². The molecule has 0 fully saturated rings. The van der Waals surface area contributed by atoms with Crippen molar-refractivity contribution in [1.82, 2.24) is 14.9 Å². The molecule has 178 valence electrons. The zero-order valence-electron chi connectivity index (χ0n) is 18.8. The smallest absolute Gasteiger partial charge is 0.343 e. The molecule has 2 aliphatic heterocycles.